The highest BCUT2D eigenvalue weighted by Crippen LogP contribution is 2.28. The van der Waals surface area contributed by atoms with E-state index in [1.54, 1.807) is 6.07 Å². The fourth-order valence-corrected chi connectivity index (χ4v) is 9.42. The number of carboxylic acids is 1. The Morgan fingerprint density at radius 3 is 0.935 bits per heavy atom. The van der Waals surface area contributed by atoms with Crippen LogP contribution >= 0.6 is 0 Å². The van der Waals surface area contributed by atoms with E-state index in [0.29, 0.717) is 70.9 Å². The van der Waals surface area contributed by atoms with Gasteiger partial charge < -0.3 is 106 Å². The van der Waals surface area contributed by atoms with Crippen LogP contribution in [0.3, 0.4) is 0 Å². The topological polar surface area (TPSA) is 492 Å². The van der Waals surface area contributed by atoms with Gasteiger partial charge in [-0.15, -0.1) is 0 Å². The fourth-order valence-electron chi connectivity index (χ4n) is 9.42. The van der Waals surface area contributed by atoms with E-state index in [9.17, 15) is 53.1 Å². The summed E-state index contributed by atoms with van der Waals surface area (Å²) in [6.45, 7) is 1.42. The van der Waals surface area contributed by atoms with Gasteiger partial charge in [0.25, 0.3) is 23.6 Å². The fraction of sp³-hybridized carbons (Fsp3) is 0.452. The number of methoxy groups -OCH3 is 4. The first-order chi connectivity index (χ1) is 44.1. The monoisotopic (exact) mass is 1280 g/mol. The number of carboxylic acid groups (broad SMARTS) is 1. The number of ether oxygens (including phenoxy) is 4. The molecule has 30 nitrogen and oxygen atoms in total. The van der Waals surface area contributed by atoms with Crippen LogP contribution in [0.2, 0.25) is 0 Å². The number of anilines is 4. The summed E-state index contributed by atoms with van der Waals surface area (Å²) in [5.74, 6) is -6.57. The second-order valence-electron chi connectivity index (χ2n) is 21.2. The quantitative estimate of drug-likeness (QED) is 0.0284. The molecule has 0 radical (unpaired) electrons. The van der Waals surface area contributed by atoms with Gasteiger partial charge in [0.15, 0.2) is 0 Å². The maximum Gasteiger partial charge on any atom is 0.326 e. The molecule has 4 aromatic rings. The number of unbranched alkanes of at least 4 members (excludes halogenated alkanes) is 4. The molecule has 0 saturated carbocycles. The highest BCUT2D eigenvalue weighted by atomic mass is 16.5. The summed E-state index contributed by atoms with van der Waals surface area (Å²) in [4.78, 5) is 135. The molecule has 0 heterocycles. The van der Waals surface area contributed by atoms with Crippen LogP contribution in [-0.2, 0) is 24.0 Å². The van der Waals surface area contributed by atoms with Gasteiger partial charge in [-0.05, 0) is 182 Å². The van der Waals surface area contributed by atoms with Crippen LogP contribution in [0, 0.1) is 0 Å². The van der Waals surface area contributed by atoms with Crippen LogP contribution in [0.4, 0.5) is 27.5 Å². The van der Waals surface area contributed by atoms with Gasteiger partial charge in [-0.3, -0.25) is 38.4 Å². The van der Waals surface area contributed by atoms with Crippen molar-refractivity contribution in [2.75, 3.05) is 82.4 Å². The molecular weight excluding hydrogens is 1190 g/mol. The van der Waals surface area contributed by atoms with Gasteiger partial charge in [0.1, 0.15) is 47.2 Å². The molecule has 0 saturated heterocycles. The van der Waals surface area contributed by atoms with Gasteiger partial charge >= 0.3 is 12.0 Å². The first-order valence-corrected chi connectivity index (χ1v) is 30.2. The smallest absolute Gasteiger partial charge is 0.326 e. The van der Waals surface area contributed by atoms with Crippen LogP contribution in [0.1, 0.15) is 131 Å². The molecule has 92 heavy (non-hydrogen) atoms. The molecule has 30 heteroatoms. The Hall–Kier alpha value is -9.62. The minimum absolute atomic E-state index is 0.0173. The van der Waals surface area contributed by atoms with Gasteiger partial charge in [0, 0.05) is 29.3 Å². The molecule has 502 valence electrons. The Morgan fingerprint density at radius 2 is 0.663 bits per heavy atom. The summed E-state index contributed by atoms with van der Waals surface area (Å²) >= 11 is 0. The lowest BCUT2D eigenvalue weighted by Gasteiger charge is -2.22. The number of carbonyl (C=O) groups excluding carboxylic acids is 9. The number of urea groups is 1. The zero-order valence-corrected chi connectivity index (χ0v) is 52.4. The number of benzene rings is 4. The number of hydrogen-bond acceptors (Lipinski definition) is 19. The molecule has 0 spiro atoms. The van der Waals surface area contributed by atoms with Gasteiger partial charge in [0.2, 0.25) is 23.6 Å². The van der Waals surface area contributed by atoms with E-state index in [0.717, 1.165) is 0 Å². The van der Waals surface area contributed by atoms with E-state index in [2.05, 4.69) is 47.9 Å². The lowest BCUT2D eigenvalue weighted by atomic mass is 10.1. The first-order valence-electron chi connectivity index (χ1n) is 30.2. The second kappa shape index (κ2) is 39.5. The van der Waals surface area contributed by atoms with E-state index >= 15 is 0 Å². The Balaban J connectivity index is 1.55. The minimum Gasteiger partial charge on any atom is -0.496 e. The molecule has 0 aliphatic heterocycles. The van der Waals surface area contributed by atoms with E-state index in [1.165, 1.54) is 95.2 Å². The molecule has 0 fully saturated rings. The minimum atomic E-state index is -1.36. The standard InChI is InChI=1S/C62H89N15O15/c1-89-49-23-19-36(70-57(82)44(67)14-5-9-27-63)32-40(49)53(78)74-45(15-6-10-28-64)58(83)71-37-20-24-50(90-2)41(33-37)54(79)75-46(16-7-11-29-65)59(84)72-38-21-25-51(91-3)42(34-38)55(80)76-47(17-8-12-30-66)60(85)73-39-22-26-52(92-4)43(35-39)56(81)77-48(61(86)87)18-13-31-69-62(68)88/h19-26,32-35,44-48H,5-18,27-31,63-67H2,1-4H3,(H,70,82)(H,71,83)(H,72,84)(H,73,85)(H,74,78)(H,75,79)(H,76,80)(H,77,81)(H,86,87)(H3,68,69,88). The summed E-state index contributed by atoms with van der Waals surface area (Å²) in [6, 6.07) is 10.5. The first kappa shape index (κ1) is 74.8. The van der Waals surface area contributed by atoms with E-state index in [1.807, 2.05) is 0 Å². The molecule has 4 aromatic carbocycles. The highest BCUT2D eigenvalue weighted by Gasteiger charge is 2.30. The molecule has 5 unspecified atom stereocenters. The van der Waals surface area contributed by atoms with Crippen molar-refractivity contribution in [3.05, 3.63) is 95.1 Å². The third kappa shape index (κ3) is 24.0. The van der Waals surface area contributed by atoms with Gasteiger partial charge in [0.05, 0.1) is 56.7 Å². The van der Waals surface area contributed by atoms with Crippen LogP contribution in [-0.4, -0.2) is 156 Å². The van der Waals surface area contributed by atoms with Crippen LogP contribution < -0.4 is 101 Å². The van der Waals surface area contributed by atoms with Crippen molar-refractivity contribution in [3.8, 4) is 23.0 Å². The number of rotatable bonds is 41. The lowest BCUT2D eigenvalue weighted by Crippen LogP contribution is -2.44. The molecule has 0 aromatic heterocycles. The number of nitrogens with one attached hydrogen (secondary N) is 9. The maximum absolute atomic E-state index is 14.3. The highest BCUT2D eigenvalue weighted by molar-refractivity contribution is 6.08. The van der Waals surface area contributed by atoms with Crippen LogP contribution in [0.25, 0.3) is 0 Å². The average Bonchev–Trinajstić information content (AvgIpc) is 1.37. The van der Waals surface area contributed by atoms with Crippen molar-refractivity contribution >= 4 is 82.0 Å². The summed E-state index contributed by atoms with van der Waals surface area (Å²) in [5, 5.41) is 33.8. The third-order valence-corrected chi connectivity index (χ3v) is 14.4. The second-order valence-corrected chi connectivity index (χ2v) is 21.2. The lowest BCUT2D eigenvalue weighted by molar-refractivity contribution is -0.139. The number of hydrogen-bond donors (Lipinski definition) is 16. The van der Waals surface area contributed by atoms with Crippen molar-refractivity contribution in [1.82, 2.24) is 26.6 Å². The normalized spacial score (nSPS) is 12.4. The number of carbonyl (C=O) groups is 10. The SMILES string of the molecule is COc1ccc(NC(=O)C(CCCCN)NC(=O)c2cc(NC(=O)C(CCCCN)NC(=O)c3cc(NC(=O)C(CCCCN)NC(=O)c4cc(NC(=O)C(N)CCCCN)ccc4OC)ccc3OC)ccc2OC)cc1C(=O)NC(CCCNC(N)=O)C(=O)O. The van der Waals surface area contributed by atoms with Crippen LogP contribution in [0.5, 0.6) is 23.0 Å². The molecule has 22 N–H and O–H groups in total. The number of nitrogens with two attached hydrogens (primary N) is 6. The summed E-state index contributed by atoms with van der Waals surface area (Å²) < 4.78 is 21.9. The molecule has 4 rings (SSSR count). The van der Waals surface area contributed by atoms with Crippen molar-refractivity contribution in [2.24, 2.45) is 34.4 Å². The molecule has 0 aliphatic rings. The zero-order chi connectivity index (χ0) is 67.7. The molecule has 0 aliphatic carbocycles. The van der Waals surface area contributed by atoms with E-state index < -0.39 is 89.5 Å². The molecular formula is C62H89N15O15. The maximum atomic E-state index is 14.3. The zero-order valence-electron chi connectivity index (χ0n) is 52.4. The predicted octanol–water partition coefficient (Wildman–Crippen LogP) is 2.35. The van der Waals surface area contributed by atoms with Crippen molar-refractivity contribution in [1.29, 1.82) is 0 Å². The Bertz CT molecular complexity index is 3170. The Labute approximate surface area is 533 Å². The average molecular weight is 1280 g/mol. The molecule has 5 atom stereocenters. The van der Waals surface area contributed by atoms with Crippen LogP contribution in [0.15, 0.2) is 72.8 Å². The molecule has 10 amide bonds. The summed E-state index contributed by atoms with van der Waals surface area (Å²) in [5.41, 5.74) is 34.5. The van der Waals surface area contributed by atoms with Gasteiger partial charge in [-0.1, -0.05) is 6.42 Å². The number of aliphatic carboxylic acids is 1. The van der Waals surface area contributed by atoms with Gasteiger partial charge in [-0.2, -0.15) is 0 Å². The predicted molar refractivity (Wildman–Crippen MR) is 346 cm³/mol. The van der Waals surface area contributed by atoms with Gasteiger partial charge in [-0.25, -0.2) is 9.59 Å². The Kier molecular flexibility index (Phi) is 32.1. The van der Waals surface area contributed by atoms with E-state index in [-0.39, 0.29) is 120 Å². The summed E-state index contributed by atoms with van der Waals surface area (Å²) in [7, 11) is 5.31. The number of amides is 10. The van der Waals surface area contributed by atoms with E-state index in [4.69, 9.17) is 53.3 Å². The molecule has 0 bridgehead atoms. The summed E-state index contributed by atoms with van der Waals surface area (Å²) in [6.07, 6.45) is 4.97. The Morgan fingerprint density at radius 1 is 0.391 bits per heavy atom. The van der Waals surface area contributed by atoms with Crippen molar-refractivity contribution in [3.63, 3.8) is 0 Å². The number of primary amides is 1. The third-order valence-electron chi connectivity index (χ3n) is 14.4. The largest absolute Gasteiger partial charge is 0.496 e. The van der Waals surface area contributed by atoms with Crippen molar-refractivity contribution in [2.45, 2.75) is 120 Å². The van der Waals surface area contributed by atoms with Crippen molar-refractivity contribution < 1.29 is 72.0 Å².